The van der Waals surface area contributed by atoms with Crippen LogP contribution in [0.1, 0.15) is 38.7 Å². The molecule has 3 rings (SSSR count). The summed E-state index contributed by atoms with van der Waals surface area (Å²) in [5.74, 6) is 2.28. The van der Waals surface area contributed by atoms with Crippen molar-refractivity contribution in [3.05, 3.63) is 29.8 Å². The van der Waals surface area contributed by atoms with Gasteiger partial charge in [-0.3, -0.25) is 4.99 Å². The zero-order chi connectivity index (χ0) is 16.9. The van der Waals surface area contributed by atoms with E-state index in [0.29, 0.717) is 30.7 Å². The average molecular weight is 331 g/mol. The first-order valence-electron chi connectivity index (χ1n) is 8.99. The summed E-state index contributed by atoms with van der Waals surface area (Å²) >= 11 is 0. The molecular weight excluding hydrogens is 302 g/mol. The lowest BCUT2D eigenvalue weighted by molar-refractivity contribution is 0.0992. The van der Waals surface area contributed by atoms with Crippen LogP contribution in [0.2, 0.25) is 0 Å². The summed E-state index contributed by atoms with van der Waals surface area (Å²) in [5, 5.41) is 6.91. The molecule has 5 nitrogen and oxygen atoms in total. The molecular formula is C19H29N3O2. The molecule has 0 saturated carbocycles. The Balaban J connectivity index is 1.54. The number of para-hydroxylation sites is 1. The minimum Gasteiger partial charge on any atom is -0.493 e. The van der Waals surface area contributed by atoms with Crippen molar-refractivity contribution in [2.75, 3.05) is 13.7 Å². The van der Waals surface area contributed by atoms with Crippen LogP contribution in [0.4, 0.5) is 0 Å². The van der Waals surface area contributed by atoms with Crippen LogP contribution in [0.3, 0.4) is 0 Å². The zero-order valence-electron chi connectivity index (χ0n) is 14.9. The van der Waals surface area contributed by atoms with E-state index >= 15 is 0 Å². The van der Waals surface area contributed by atoms with Crippen molar-refractivity contribution in [3.63, 3.8) is 0 Å². The molecule has 1 aromatic carbocycles. The molecule has 1 aromatic rings. The molecule has 2 fully saturated rings. The molecule has 5 heteroatoms. The van der Waals surface area contributed by atoms with Gasteiger partial charge < -0.3 is 20.1 Å². The minimum atomic E-state index is 0.343. The van der Waals surface area contributed by atoms with E-state index in [4.69, 9.17) is 9.47 Å². The Hall–Kier alpha value is -1.75. The number of guanidine groups is 1. The van der Waals surface area contributed by atoms with Gasteiger partial charge in [-0.05, 0) is 31.2 Å². The van der Waals surface area contributed by atoms with Gasteiger partial charge in [0.2, 0.25) is 0 Å². The summed E-state index contributed by atoms with van der Waals surface area (Å²) < 4.78 is 11.8. The van der Waals surface area contributed by atoms with Gasteiger partial charge in [0, 0.05) is 19.2 Å². The second kappa shape index (κ2) is 7.88. The summed E-state index contributed by atoms with van der Waals surface area (Å²) in [6, 6.07) is 8.55. The first kappa shape index (κ1) is 17.1. The molecule has 0 aromatic heterocycles. The Morgan fingerprint density at radius 1 is 1.33 bits per heavy atom. The highest BCUT2D eigenvalue weighted by Gasteiger charge is 2.41. The van der Waals surface area contributed by atoms with Gasteiger partial charge in [-0.25, -0.2) is 0 Å². The number of hydrogen-bond acceptors (Lipinski definition) is 3. The third-order valence-electron chi connectivity index (χ3n) is 4.64. The Bertz CT molecular complexity index is 573. The van der Waals surface area contributed by atoms with E-state index in [0.717, 1.165) is 36.7 Å². The van der Waals surface area contributed by atoms with E-state index in [2.05, 4.69) is 35.5 Å². The Morgan fingerprint density at radius 2 is 2.17 bits per heavy atom. The number of hydrogen-bond donors (Lipinski definition) is 2. The summed E-state index contributed by atoms with van der Waals surface area (Å²) in [7, 11) is 1.81. The molecule has 24 heavy (non-hydrogen) atoms. The maximum absolute atomic E-state index is 5.92. The molecule has 3 unspecified atom stereocenters. The number of ether oxygens (including phenoxy) is 2. The zero-order valence-corrected chi connectivity index (χ0v) is 14.9. The fourth-order valence-electron chi connectivity index (χ4n) is 3.39. The lowest BCUT2D eigenvalue weighted by atomic mass is 9.96. The number of nitrogens with zero attached hydrogens (tertiary/aromatic N) is 1. The van der Waals surface area contributed by atoms with Gasteiger partial charge in [0.25, 0.3) is 0 Å². The van der Waals surface area contributed by atoms with E-state index in [9.17, 15) is 0 Å². The van der Waals surface area contributed by atoms with Gasteiger partial charge in [0.05, 0.1) is 24.9 Å². The highest BCUT2D eigenvalue weighted by Crippen LogP contribution is 2.34. The van der Waals surface area contributed by atoms with E-state index in [1.165, 1.54) is 6.42 Å². The Morgan fingerprint density at radius 3 is 2.83 bits per heavy atom. The SMILES string of the molecule is CN=C(NCc1ccccc1OCC(C)C)NC1CC2CCC1O2. The molecule has 132 valence electrons. The maximum atomic E-state index is 5.92. The standard InChI is InChI=1S/C19H29N3O2/c1-13(2)12-23-17-7-5-4-6-14(17)11-21-19(20-3)22-16-10-15-8-9-18(16)24-15/h4-7,13,15-16,18H,8-12H2,1-3H3,(H2,20,21,22). The van der Waals surface area contributed by atoms with Gasteiger partial charge in [-0.1, -0.05) is 32.0 Å². The summed E-state index contributed by atoms with van der Waals surface area (Å²) in [4.78, 5) is 4.35. The molecule has 2 aliphatic rings. The van der Waals surface area contributed by atoms with Crippen molar-refractivity contribution in [2.24, 2.45) is 10.9 Å². The van der Waals surface area contributed by atoms with Gasteiger partial charge >= 0.3 is 0 Å². The molecule has 0 spiro atoms. The highest BCUT2D eigenvalue weighted by molar-refractivity contribution is 5.80. The van der Waals surface area contributed by atoms with Crippen molar-refractivity contribution >= 4 is 5.96 Å². The smallest absolute Gasteiger partial charge is 0.191 e. The quantitative estimate of drug-likeness (QED) is 0.622. The fourth-order valence-corrected chi connectivity index (χ4v) is 3.39. The van der Waals surface area contributed by atoms with E-state index in [-0.39, 0.29) is 0 Å². The van der Waals surface area contributed by atoms with Crippen LogP contribution in [0.15, 0.2) is 29.3 Å². The molecule has 0 aliphatic carbocycles. The third-order valence-corrected chi connectivity index (χ3v) is 4.64. The molecule has 2 saturated heterocycles. The summed E-state index contributed by atoms with van der Waals surface area (Å²) in [5.41, 5.74) is 1.14. The van der Waals surface area contributed by atoms with Crippen LogP contribution in [0.5, 0.6) is 5.75 Å². The minimum absolute atomic E-state index is 0.343. The maximum Gasteiger partial charge on any atom is 0.191 e. The molecule has 2 aliphatic heterocycles. The van der Waals surface area contributed by atoms with Crippen LogP contribution >= 0.6 is 0 Å². The van der Waals surface area contributed by atoms with Gasteiger partial charge in [0.15, 0.2) is 5.96 Å². The van der Waals surface area contributed by atoms with Crippen molar-refractivity contribution in [1.29, 1.82) is 0 Å². The summed E-state index contributed by atoms with van der Waals surface area (Å²) in [6.07, 6.45) is 4.23. The molecule has 0 radical (unpaired) electrons. The summed E-state index contributed by atoms with van der Waals surface area (Å²) in [6.45, 7) is 5.73. The fraction of sp³-hybridized carbons (Fsp3) is 0.632. The molecule has 2 bridgehead atoms. The Kier molecular flexibility index (Phi) is 5.61. The van der Waals surface area contributed by atoms with Crippen molar-refractivity contribution in [3.8, 4) is 5.75 Å². The lowest BCUT2D eigenvalue weighted by Crippen LogP contribution is -2.47. The highest BCUT2D eigenvalue weighted by atomic mass is 16.5. The predicted molar refractivity (Wildman–Crippen MR) is 96.4 cm³/mol. The molecule has 2 N–H and O–H groups in total. The van der Waals surface area contributed by atoms with E-state index in [1.807, 2.05) is 25.2 Å². The van der Waals surface area contributed by atoms with Crippen molar-refractivity contribution in [2.45, 2.75) is 57.9 Å². The van der Waals surface area contributed by atoms with E-state index in [1.54, 1.807) is 0 Å². The predicted octanol–water partition coefficient (Wildman–Crippen LogP) is 2.71. The third kappa shape index (κ3) is 4.20. The second-order valence-electron chi connectivity index (χ2n) is 7.10. The van der Waals surface area contributed by atoms with Gasteiger partial charge in [-0.15, -0.1) is 0 Å². The molecule has 2 heterocycles. The van der Waals surface area contributed by atoms with Crippen LogP contribution in [-0.4, -0.2) is 37.9 Å². The average Bonchev–Trinajstić information content (AvgIpc) is 3.20. The topological polar surface area (TPSA) is 54.9 Å². The molecule has 3 atom stereocenters. The van der Waals surface area contributed by atoms with Gasteiger partial charge in [-0.2, -0.15) is 0 Å². The number of fused-ring (bicyclic) bond motifs is 2. The molecule has 0 amide bonds. The van der Waals surface area contributed by atoms with Crippen LogP contribution in [-0.2, 0) is 11.3 Å². The van der Waals surface area contributed by atoms with Crippen LogP contribution in [0.25, 0.3) is 0 Å². The van der Waals surface area contributed by atoms with Gasteiger partial charge in [0.1, 0.15) is 5.75 Å². The number of benzene rings is 1. The van der Waals surface area contributed by atoms with Crippen LogP contribution < -0.4 is 15.4 Å². The lowest BCUT2D eigenvalue weighted by Gasteiger charge is -2.23. The first-order valence-corrected chi connectivity index (χ1v) is 8.99. The normalized spacial score (nSPS) is 26.0. The monoisotopic (exact) mass is 331 g/mol. The largest absolute Gasteiger partial charge is 0.493 e. The van der Waals surface area contributed by atoms with Crippen molar-refractivity contribution in [1.82, 2.24) is 10.6 Å². The van der Waals surface area contributed by atoms with E-state index < -0.39 is 0 Å². The number of nitrogens with one attached hydrogen (secondary N) is 2. The number of rotatable bonds is 6. The first-order chi connectivity index (χ1) is 11.7. The van der Waals surface area contributed by atoms with Crippen LogP contribution in [0, 0.1) is 5.92 Å². The van der Waals surface area contributed by atoms with Crippen molar-refractivity contribution < 1.29 is 9.47 Å². The Labute approximate surface area is 144 Å². The number of aliphatic imine (C=N–C) groups is 1. The second-order valence-corrected chi connectivity index (χ2v) is 7.10.